The van der Waals surface area contributed by atoms with Crippen molar-refractivity contribution in [1.29, 1.82) is 0 Å². The maximum Gasteiger partial charge on any atom is 0.288 e. The van der Waals surface area contributed by atoms with Crippen LogP contribution < -0.4 is 5.32 Å². The van der Waals surface area contributed by atoms with Gasteiger partial charge in [0.2, 0.25) is 0 Å². The molecule has 1 N–H and O–H groups in total. The van der Waals surface area contributed by atoms with E-state index in [1.165, 1.54) is 12.1 Å². The van der Waals surface area contributed by atoms with E-state index in [9.17, 15) is 8.78 Å². The first-order valence-electron chi connectivity index (χ1n) is 4.48. The second kappa shape index (κ2) is 3.59. The molecule has 1 heterocycles. The van der Waals surface area contributed by atoms with Crippen LogP contribution in [0.5, 0.6) is 0 Å². The van der Waals surface area contributed by atoms with E-state index in [1.807, 2.05) is 0 Å². The van der Waals surface area contributed by atoms with Gasteiger partial charge in [-0.3, -0.25) is 0 Å². The summed E-state index contributed by atoms with van der Waals surface area (Å²) in [6.45, 7) is 0.691. The van der Waals surface area contributed by atoms with Crippen LogP contribution in [0, 0.1) is 0 Å². The molecule has 1 aliphatic rings. The molecule has 1 aromatic carbocycles. The third-order valence-electron chi connectivity index (χ3n) is 2.49. The van der Waals surface area contributed by atoms with Crippen molar-refractivity contribution >= 4 is 15.9 Å². The van der Waals surface area contributed by atoms with E-state index in [1.54, 1.807) is 12.1 Å². The first-order chi connectivity index (χ1) is 6.60. The summed E-state index contributed by atoms with van der Waals surface area (Å²) >= 11 is 3.22. The predicted octanol–water partition coefficient (Wildman–Crippen LogP) is 2.90. The van der Waals surface area contributed by atoms with Gasteiger partial charge < -0.3 is 5.32 Å². The zero-order chi connectivity index (χ0) is 10.2. The van der Waals surface area contributed by atoms with E-state index in [0.717, 1.165) is 4.47 Å². The highest BCUT2D eigenvalue weighted by Crippen LogP contribution is 2.36. The van der Waals surface area contributed by atoms with Crippen LogP contribution >= 0.6 is 15.9 Å². The molecule has 0 bridgehead atoms. The van der Waals surface area contributed by atoms with E-state index in [0.29, 0.717) is 13.0 Å². The van der Waals surface area contributed by atoms with Crippen molar-refractivity contribution in [2.75, 3.05) is 6.54 Å². The molecule has 0 aromatic heterocycles. The highest BCUT2D eigenvalue weighted by Gasteiger charge is 2.44. The topological polar surface area (TPSA) is 12.0 Å². The molecule has 4 heteroatoms. The highest BCUT2D eigenvalue weighted by molar-refractivity contribution is 9.10. The largest absolute Gasteiger partial charge is 0.308 e. The van der Waals surface area contributed by atoms with Gasteiger partial charge in [-0.15, -0.1) is 0 Å². The summed E-state index contributed by atoms with van der Waals surface area (Å²) in [7, 11) is 0. The fourth-order valence-electron chi connectivity index (χ4n) is 1.47. The number of nitrogens with one attached hydrogen (secondary N) is 1. The summed E-state index contributed by atoms with van der Waals surface area (Å²) in [4.78, 5) is 0. The van der Waals surface area contributed by atoms with Gasteiger partial charge in [0.25, 0.3) is 5.92 Å². The maximum atomic E-state index is 13.7. The first-order valence-corrected chi connectivity index (χ1v) is 5.27. The normalized spacial score (nSPS) is 21.8. The van der Waals surface area contributed by atoms with E-state index < -0.39 is 12.0 Å². The quantitative estimate of drug-likeness (QED) is 0.864. The Hall–Kier alpha value is -0.480. The van der Waals surface area contributed by atoms with Crippen molar-refractivity contribution in [3.63, 3.8) is 0 Å². The number of halogens is 3. The lowest BCUT2D eigenvalue weighted by molar-refractivity contribution is -0.0646. The number of benzene rings is 1. The van der Waals surface area contributed by atoms with Crippen LogP contribution in [0.15, 0.2) is 28.7 Å². The molecule has 14 heavy (non-hydrogen) atoms. The summed E-state index contributed by atoms with van der Waals surface area (Å²) in [5.74, 6) is -2.75. The van der Waals surface area contributed by atoms with Crippen LogP contribution in [0.1, 0.15) is 12.0 Å². The van der Waals surface area contributed by atoms with Gasteiger partial charge in [0.1, 0.15) is 0 Å². The second-order valence-corrected chi connectivity index (χ2v) is 4.34. The van der Waals surface area contributed by atoms with Gasteiger partial charge >= 0.3 is 0 Å². The third-order valence-corrected chi connectivity index (χ3v) is 3.02. The molecule has 0 aliphatic carbocycles. The maximum absolute atomic E-state index is 13.7. The molecule has 1 aromatic rings. The Bertz CT molecular complexity index is 319. The van der Waals surface area contributed by atoms with E-state index in [4.69, 9.17) is 0 Å². The van der Waals surface area contributed by atoms with E-state index in [-0.39, 0.29) is 5.56 Å². The number of hydrogen-bond donors (Lipinski definition) is 1. The zero-order valence-corrected chi connectivity index (χ0v) is 9.02. The molecular weight excluding hydrogens is 252 g/mol. The molecule has 0 radical (unpaired) electrons. The van der Waals surface area contributed by atoms with Crippen LogP contribution in [-0.2, 0) is 5.92 Å². The van der Waals surface area contributed by atoms with E-state index in [2.05, 4.69) is 21.2 Å². The SMILES string of the molecule is FC(F)(c1ccc(Br)cc1)C1CCN1. The minimum absolute atomic E-state index is 0.0814. The van der Waals surface area contributed by atoms with Crippen molar-refractivity contribution in [3.05, 3.63) is 34.3 Å². The smallest absolute Gasteiger partial charge is 0.288 e. The highest BCUT2D eigenvalue weighted by atomic mass is 79.9. The molecule has 0 amide bonds. The monoisotopic (exact) mass is 261 g/mol. The van der Waals surface area contributed by atoms with Crippen molar-refractivity contribution in [2.24, 2.45) is 0 Å². The Morgan fingerprint density at radius 3 is 2.29 bits per heavy atom. The minimum atomic E-state index is -2.75. The van der Waals surface area contributed by atoms with Gasteiger partial charge in [-0.2, -0.15) is 8.78 Å². The standard InChI is InChI=1S/C10H10BrF2N/c11-8-3-1-7(2-4-8)10(12,13)9-5-6-14-9/h1-4,9,14H,5-6H2. The Morgan fingerprint density at radius 2 is 1.86 bits per heavy atom. The summed E-state index contributed by atoms with van der Waals surface area (Å²) in [6.07, 6.45) is 0.545. The number of alkyl halides is 2. The Labute approximate surface area is 89.6 Å². The minimum Gasteiger partial charge on any atom is -0.308 e. The molecule has 0 spiro atoms. The summed E-state index contributed by atoms with van der Waals surface area (Å²) in [5.41, 5.74) is 0.0814. The van der Waals surface area contributed by atoms with Gasteiger partial charge in [-0.25, -0.2) is 0 Å². The van der Waals surface area contributed by atoms with Gasteiger partial charge in [-0.05, 0) is 25.1 Å². The average molecular weight is 262 g/mol. The van der Waals surface area contributed by atoms with Gasteiger partial charge in [0.15, 0.2) is 0 Å². The molecule has 1 aliphatic heterocycles. The fourth-order valence-corrected chi connectivity index (χ4v) is 1.74. The summed E-state index contributed by atoms with van der Waals surface area (Å²) in [5, 5.41) is 2.74. The van der Waals surface area contributed by atoms with Crippen molar-refractivity contribution in [2.45, 2.75) is 18.4 Å². The van der Waals surface area contributed by atoms with Crippen LogP contribution in [0.2, 0.25) is 0 Å². The lowest BCUT2D eigenvalue weighted by Gasteiger charge is -2.35. The van der Waals surface area contributed by atoms with Crippen molar-refractivity contribution in [1.82, 2.24) is 5.32 Å². The molecule has 1 fully saturated rings. The Balaban J connectivity index is 2.23. The molecule has 1 nitrogen and oxygen atoms in total. The van der Waals surface area contributed by atoms with Crippen LogP contribution in [0.4, 0.5) is 8.78 Å². The molecular formula is C10H10BrF2N. The van der Waals surface area contributed by atoms with Crippen molar-refractivity contribution in [3.8, 4) is 0 Å². The van der Waals surface area contributed by atoms with Crippen LogP contribution in [-0.4, -0.2) is 12.6 Å². The molecule has 1 atom stereocenters. The summed E-state index contributed by atoms with van der Waals surface area (Å²) in [6, 6.07) is 5.52. The molecule has 1 saturated heterocycles. The lowest BCUT2D eigenvalue weighted by atomic mass is 9.94. The number of hydrogen-bond acceptors (Lipinski definition) is 1. The van der Waals surface area contributed by atoms with Crippen molar-refractivity contribution < 1.29 is 8.78 Å². The summed E-state index contributed by atoms with van der Waals surface area (Å²) < 4.78 is 28.1. The first kappa shape index (κ1) is 10.1. The third kappa shape index (κ3) is 1.68. The predicted molar refractivity (Wildman–Crippen MR) is 54.4 cm³/mol. The molecule has 0 saturated carbocycles. The van der Waals surface area contributed by atoms with Gasteiger partial charge in [0, 0.05) is 10.0 Å². The van der Waals surface area contributed by atoms with Crippen LogP contribution in [0.25, 0.3) is 0 Å². The molecule has 1 unspecified atom stereocenters. The second-order valence-electron chi connectivity index (χ2n) is 3.43. The van der Waals surface area contributed by atoms with E-state index >= 15 is 0 Å². The zero-order valence-electron chi connectivity index (χ0n) is 7.43. The average Bonchev–Trinajstić information content (AvgIpc) is 2.00. The van der Waals surface area contributed by atoms with Gasteiger partial charge in [0.05, 0.1) is 6.04 Å². The fraction of sp³-hybridized carbons (Fsp3) is 0.400. The lowest BCUT2D eigenvalue weighted by Crippen LogP contribution is -2.53. The molecule has 76 valence electrons. The Morgan fingerprint density at radius 1 is 1.29 bits per heavy atom. The Kier molecular flexibility index (Phi) is 2.58. The van der Waals surface area contributed by atoms with Crippen LogP contribution in [0.3, 0.4) is 0 Å². The number of rotatable bonds is 2. The van der Waals surface area contributed by atoms with Gasteiger partial charge in [-0.1, -0.05) is 28.1 Å². The molecule has 2 rings (SSSR count).